The summed E-state index contributed by atoms with van der Waals surface area (Å²) in [4.78, 5) is 24.1. The van der Waals surface area contributed by atoms with Crippen LogP contribution in [0, 0.1) is 6.92 Å². The van der Waals surface area contributed by atoms with Gasteiger partial charge in [-0.05, 0) is 39.8 Å². The highest BCUT2D eigenvalue weighted by Crippen LogP contribution is 2.18. The van der Waals surface area contributed by atoms with Crippen molar-refractivity contribution in [2.45, 2.75) is 38.8 Å². The Balaban J connectivity index is 0.00000341. The molecule has 0 spiro atoms. The highest BCUT2D eigenvalue weighted by Gasteiger charge is 2.33. The first-order valence-electron chi connectivity index (χ1n) is 10.9. The number of carbonyl (C=O) groups excluding carboxylic acids is 1. The summed E-state index contributed by atoms with van der Waals surface area (Å²) in [6, 6.07) is 0.0519. The third-order valence-corrected chi connectivity index (χ3v) is 6.06. The van der Waals surface area contributed by atoms with E-state index in [4.69, 9.17) is 9.73 Å². The summed E-state index contributed by atoms with van der Waals surface area (Å²) in [7, 11) is 5.72. The van der Waals surface area contributed by atoms with E-state index in [1.807, 2.05) is 23.4 Å². The van der Waals surface area contributed by atoms with Crippen molar-refractivity contribution in [2.75, 3.05) is 60.0 Å². The molecule has 0 aliphatic carbocycles. The van der Waals surface area contributed by atoms with Gasteiger partial charge in [0, 0.05) is 53.5 Å². The van der Waals surface area contributed by atoms with Crippen LogP contribution in [0.2, 0.25) is 0 Å². The van der Waals surface area contributed by atoms with Gasteiger partial charge in [-0.15, -0.1) is 34.2 Å². The van der Waals surface area contributed by atoms with Gasteiger partial charge < -0.3 is 24.4 Å². The second-order valence-electron chi connectivity index (χ2n) is 8.09. The van der Waals surface area contributed by atoms with Gasteiger partial charge in [0.2, 0.25) is 5.91 Å². The zero-order chi connectivity index (χ0) is 21.5. The molecule has 0 radical (unpaired) electrons. The number of hydrogen-bond acceptors (Lipinski definition) is 6. The fourth-order valence-corrected chi connectivity index (χ4v) is 3.99. The van der Waals surface area contributed by atoms with E-state index in [-0.39, 0.29) is 35.9 Å². The lowest BCUT2D eigenvalue weighted by Crippen LogP contribution is -2.56. The van der Waals surface area contributed by atoms with Gasteiger partial charge in [-0.3, -0.25) is 9.69 Å². The number of guanidine groups is 1. The number of aliphatic imine (C=N–C) groups is 1. The minimum Gasteiger partial charge on any atom is -0.385 e. The lowest BCUT2D eigenvalue weighted by molar-refractivity contribution is -0.136. The molecule has 0 bridgehead atoms. The molecule has 1 atom stereocenters. The number of halogens is 1. The van der Waals surface area contributed by atoms with Crippen LogP contribution in [0.4, 0.5) is 0 Å². The highest BCUT2D eigenvalue weighted by atomic mass is 127. The second kappa shape index (κ2) is 12.5. The SMILES string of the molecule is COCCCNC(=NCc1nnc(C)n1C)N1CCN(C(=O)C2CCCN2C)CC1.I. The number of nitrogens with zero attached hydrogens (tertiary/aromatic N) is 7. The molecule has 3 rings (SSSR count). The topological polar surface area (TPSA) is 91.1 Å². The zero-order valence-corrected chi connectivity index (χ0v) is 21.5. The minimum atomic E-state index is 0. The van der Waals surface area contributed by atoms with Gasteiger partial charge in [-0.2, -0.15) is 0 Å². The molecular weight excluding hydrogens is 511 g/mol. The maximum Gasteiger partial charge on any atom is 0.240 e. The van der Waals surface area contributed by atoms with Gasteiger partial charge in [0.05, 0.1) is 6.04 Å². The molecule has 1 unspecified atom stereocenters. The Bertz CT molecular complexity index is 733. The third-order valence-electron chi connectivity index (χ3n) is 6.06. The lowest BCUT2D eigenvalue weighted by Gasteiger charge is -2.38. The van der Waals surface area contributed by atoms with Crippen LogP contribution >= 0.6 is 24.0 Å². The number of piperazine rings is 1. The van der Waals surface area contributed by atoms with Crippen LogP contribution in [0.15, 0.2) is 4.99 Å². The van der Waals surface area contributed by atoms with E-state index in [0.717, 1.165) is 76.1 Å². The van der Waals surface area contributed by atoms with E-state index < -0.39 is 0 Å². The number of amides is 1. The average molecular weight is 548 g/mol. The number of likely N-dealkylation sites (tertiary alicyclic amines) is 1. The van der Waals surface area contributed by atoms with Gasteiger partial charge in [0.25, 0.3) is 0 Å². The molecule has 10 nitrogen and oxygen atoms in total. The molecule has 1 amide bonds. The summed E-state index contributed by atoms with van der Waals surface area (Å²) in [5.41, 5.74) is 0. The number of nitrogens with one attached hydrogen (secondary N) is 1. The van der Waals surface area contributed by atoms with Gasteiger partial charge in [-0.25, -0.2) is 4.99 Å². The van der Waals surface area contributed by atoms with E-state index in [1.54, 1.807) is 7.11 Å². The molecule has 2 aliphatic heterocycles. The first kappa shape index (κ1) is 25.8. The summed E-state index contributed by atoms with van der Waals surface area (Å²) in [5, 5.41) is 11.8. The molecule has 1 aromatic rings. The number of carbonyl (C=O) groups is 1. The van der Waals surface area contributed by atoms with Crippen molar-refractivity contribution in [3.8, 4) is 0 Å². The molecule has 2 saturated heterocycles. The van der Waals surface area contributed by atoms with Crippen LogP contribution in [-0.2, 0) is 23.1 Å². The minimum absolute atomic E-state index is 0. The van der Waals surface area contributed by atoms with Gasteiger partial charge in [0.1, 0.15) is 12.4 Å². The Morgan fingerprint density at radius 1 is 1.16 bits per heavy atom. The molecule has 11 heteroatoms. The van der Waals surface area contributed by atoms with Crippen molar-refractivity contribution in [3.63, 3.8) is 0 Å². The number of aromatic nitrogens is 3. The fraction of sp³-hybridized carbons (Fsp3) is 0.800. The molecule has 2 aliphatic rings. The van der Waals surface area contributed by atoms with Crippen molar-refractivity contribution in [3.05, 3.63) is 11.6 Å². The lowest BCUT2D eigenvalue weighted by atomic mass is 10.1. The number of hydrogen-bond donors (Lipinski definition) is 1. The van der Waals surface area contributed by atoms with Crippen LogP contribution in [0.1, 0.15) is 30.9 Å². The molecule has 1 aromatic heterocycles. The van der Waals surface area contributed by atoms with Crippen molar-refractivity contribution in [1.29, 1.82) is 0 Å². The third kappa shape index (κ3) is 6.75. The highest BCUT2D eigenvalue weighted by molar-refractivity contribution is 14.0. The van der Waals surface area contributed by atoms with Crippen molar-refractivity contribution in [1.82, 2.24) is 34.8 Å². The van der Waals surface area contributed by atoms with Crippen LogP contribution in [0.25, 0.3) is 0 Å². The zero-order valence-electron chi connectivity index (χ0n) is 19.2. The van der Waals surface area contributed by atoms with E-state index in [2.05, 4.69) is 32.4 Å². The van der Waals surface area contributed by atoms with Crippen LogP contribution < -0.4 is 5.32 Å². The quantitative estimate of drug-likeness (QED) is 0.229. The van der Waals surface area contributed by atoms with E-state index >= 15 is 0 Å². The number of methoxy groups -OCH3 is 1. The van der Waals surface area contributed by atoms with Crippen molar-refractivity contribution < 1.29 is 9.53 Å². The number of likely N-dealkylation sites (N-methyl/N-ethyl adjacent to an activating group) is 1. The van der Waals surface area contributed by atoms with Gasteiger partial charge >= 0.3 is 0 Å². The van der Waals surface area contributed by atoms with Crippen LogP contribution in [0.5, 0.6) is 0 Å². The van der Waals surface area contributed by atoms with Gasteiger partial charge in [0.15, 0.2) is 11.8 Å². The number of rotatable bonds is 7. The standard InChI is InChI=1S/C20H36N8O2.HI/c1-16-23-24-18(26(16)3)15-22-20(21-8-6-14-30-4)28-12-10-27(11-13-28)19(29)17-7-5-9-25(17)2;/h17H,5-15H2,1-4H3,(H,21,22);1H. The van der Waals surface area contributed by atoms with Crippen LogP contribution in [0.3, 0.4) is 0 Å². The Labute approximate surface area is 202 Å². The van der Waals surface area contributed by atoms with E-state index in [9.17, 15) is 4.79 Å². The molecule has 31 heavy (non-hydrogen) atoms. The molecule has 0 aromatic carbocycles. The normalized spacial score (nSPS) is 20.1. The fourth-order valence-electron chi connectivity index (χ4n) is 3.99. The Morgan fingerprint density at radius 3 is 2.45 bits per heavy atom. The predicted molar refractivity (Wildman–Crippen MR) is 131 cm³/mol. The monoisotopic (exact) mass is 548 g/mol. The van der Waals surface area contributed by atoms with E-state index in [1.165, 1.54) is 0 Å². The average Bonchev–Trinajstić information content (AvgIpc) is 3.33. The summed E-state index contributed by atoms with van der Waals surface area (Å²) < 4.78 is 7.11. The summed E-state index contributed by atoms with van der Waals surface area (Å²) in [6.45, 7) is 7.91. The first-order valence-corrected chi connectivity index (χ1v) is 10.9. The summed E-state index contributed by atoms with van der Waals surface area (Å²) in [6.07, 6.45) is 2.99. The Morgan fingerprint density at radius 2 is 1.87 bits per heavy atom. The molecule has 2 fully saturated rings. The van der Waals surface area contributed by atoms with Crippen molar-refractivity contribution >= 4 is 35.8 Å². The summed E-state index contributed by atoms with van der Waals surface area (Å²) >= 11 is 0. The molecule has 3 heterocycles. The molecule has 1 N–H and O–H groups in total. The first-order chi connectivity index (χ1) is 14.5. The Hall–Kier alpha value is -1.47. The van der Waals surface area contributed by atoms with Crippen LogP contribution in [-0.4, -0.2) is 107 Å². The maximum atomic E-state index is 12.9. The Kier molecular flexibility index (Phi) is 10.4. The molecule has 176 valence electrons. The maximum absolute atomic E-state index is 12.9. The smallest absolute Gasteiger partial charge is 0.240 e. The molecule has 0 saturated carbocycles. The van der Waals surface area contributed by atoms with Crippen molar-refractivity contribution in [2.24, 2.45) is 12.0 Å². The van der Waals surface area contributed by atoms with E-state index in [0.29, 0.717) is 13.2 Å². The second-order valence-corrected chi connectivity index (χ2v) is 8.09. The number of ether oxygens (including phenoxy) is 1. The largest absolute Gasteiger partial charge is 0.385 e. The number of aryl methyl sites for hydroxylation is 1. The molecular formula is C20H37IN8O2. The summed E-state index contributed by atoms with van der Waals surface area (Å²) in [5.74, 6) is 2.84. The van der Waals surface area contributed by atoms with Gasteiger partial charge in [-0.1, -0.05) is 0 Å². The predicted octanol–water partition coefficient (Wildman–Crippen LogP) is 0.462.